The summed E-state index contributed by atoms with van der Waals surface area (Å²) in [6.45, 7) is 2.87. The highest BCUT2D eigenvalue weighted by Gasteiger charge is 2.17. The fourth-order valence-electron chi connectivity index (χ4n) is 5.14. The average Bonchev–Trinajstić information content (AvgIpc) is 3.25. The van der Waals surface area contributed by atoms with E-state index in [-0.39, 0.29) is 0 Å². The lowest BCUT2D eigenvalue weighted by molar-refractivity contribution is 0.144. The lowest BCUT2D eigenvalue weighted by Gasteiger charge is -2.23. The molecule has 1 aliphatic rings. The fraction of sp³-hybridized carbons (Fsp3) is 0.367. The quantitative estimate of drug-likeness (QED) is 0.186. The molecular weight excluding hydrogens is 464 g/mol. The van der Waals surface area contributed by atoms with Crippen LogP contribution >= 0.6 is 0 Å². The van der Waals surface area contributed by atoms with E-state index in [9.17, 15) is 4.79 Å². The van der Waals surface area contributed by atoms with Crippen LogP contribution in [0.1, 0.15) is 63.3 Å². The van der Waals surface area contributed by atoms with Gasteiger partial charge < -0.3 is 19.7 Å². The Kier molecular flexibility index (Phi) is 7.68. The van der Waals surface area contributed by atoms with Crippen LogP contribution in [-0.2, 0) is 13.0 Å². The van der Waals surface area contributed by atoms with Gasteiger partial charge in [-0.3, -0.25) is 0 Å². The maximum absolute atomic E-state index is 11.1. The maximum atomic E-state index is 11.1. The minimum atomic E-state index is -1.32. The molecule has 2 aromatic carbocycles. The highest BCUT2D eigenvalue weighted by molar-refractivity contribution is 5.75. The topological polar surface area (TPSA) is 89.3 Å². The van der Waals surface area contributed by atoms with Crippen molar-refractivity contribution in [3.05, 3.63) is 72.1 Å². The van der Waals surface area contributed by atoms with Gasteiger partial charge in [-0.05, 0) is 48.6 Å². The van der Waals surface area contributed by atoms with Crippen LogP contribution in [0.4, 0.5) is 10.6 Å². The number of rotatable bonds is 9. The summed E-state index contributed by atoms with van der Waals surface area (Å²) in [4.78, 5) is 21.0. The molecule has 0 aliphatic heterocycles. The van der Waals surface area contributed by atoms with Gasteiger partial charge in [0.1, 0.15) is 22.9 Å². The Morgan fingerprint density at radius 2 is 1.81 bits per heavy atom. The van der Waals surface area contributed by atoms with Gasteiger partial charge in [-0.25, -0.2) is 14.8 Å². The lowest BCUT2D eigenvalue weighted by atomic mass is 9.95. The number of hydrogen-bond acceptors (Lipinski definition) is 5. The molecule has 7 heteroatoms. The molecule has 5 rings (SSSR count). The number of para-hydroxylation sites is 1. The van der Waals surface area contributed by atoms with Crippen molar-refractivity contribution in [2.24, 2.45) is 0 Å². The van der Waals surface area contributed by atoms with Crippen LogP contribution in [0, 0.1) is 0 Å². The molecule has 4 aromatic rings. The number of hydrogen-bond donors (Lipinski definition) is 2. The minimum absolute atomic E-state index is 0.326. The summed E-state index contributed by atoms with van der Waals surface area (Å²) in [5.41, 5.74) is 4.62. The summed E-state index contributed by atoms with van der Waals surface area (Å²) in [7, 11) is 0. The van der Waals surface area contributed by atoms with Crippen LogP contribution in [0.25, 0.3) is 22.3 Å². The van der Waals surface area contributed by atoms with E-state index in [2.05, 4.69) is 41.1 Å². The number of nitrogens with one attached hydrogen (secondary N) is 1. The number of benzene rings is 2. The minimum Gasteiger partial charge on any atom is -0.449 e. The first kappa shape index (κ1) is 24.8. The Balaban J connectivity index is 1.42. The van der Waals surface area contributed by atoms with Crippen molar-refractivity contribution in [1.82, 2.24) is 14.5 Å². The normalized spacial score (nSPS) is 14.1. The second-order valence-electron chi connectivity index (χ2n) is 9.80. The number of unbranched alkanes of at least 4 members (excludes halogenated alkanes) is 1. The van der Waals surface area contributed by atoms with Crippen molar-refractivity contribution < 1.29 is 14.6 Å². The molecule has 37 heavy (non-hydrogen) atoms. The van der Waals surface area contributed by atoms with Crippen LogP contribution in [0.3, 0.4) is 0 Å². The second-order valence-corrected chi connectivity index (χ2v) is 9.80. The number of fused-ring (bicyclic) bond motifs is 1. The molecule has 1 aliphatic carbocycles. The van der Waals surface area contributed by atoms with Gasteiger partial charge in [-0.2, -0.15) is 0 Å². The monoisotopic (exact) mass is 498 g/mol. The van der Waals surface area contributed by atoms with E-state index in [1.807, 2.05) is 24.3 Å². The van der Waals surface area contributed by atoms with Crippen LogP contribution < -0.4 is 10.1 Å². The predicted octanol–water partition coefficient (Wildman–Crippen LogP) is 7.29. The summed E-state index contributed by atoms with van der Waals surface area (Å²) >= 11 is 0. The zero-order valence-corrected chi connectivity index (χ0v) is 21.3. The molecule has 0 spiro atoms. The Labute approximate surface area is 217 Å². The first-order chi connectivity index (χ1) is 18.1. The molecule has 2 aromatic heterocycles. The van der Waals surface area contributed by atoms with Crippen molar-refractivity contribution in [1.29, 1.82) is 0 Å². The van der Waals surface area contributed by atoms with Crippen LogP contribution in [0.2, 0.25) is 0 Å². The zero-order chi connectivity index (χ0) is 25.6. The summed E-state index contributed by atoms with van der Waals surface area (Å²) in [5.74, 6) is 2.31. The molecule has 1 fully saturated rings. The maximum Gasteiger partial charge on any atom is 0.511 e. The van der Waals surface area contributed by atoms with Crippen molar-refractivity contribution in [3.8, 4) is 16.9 Å². The number of pyridine rings is 1. The van der Waals surface area contributed by atoms with Gasteiger partial charge in [-0.1, -0.05) is 75.1 Å². The number of aromatic nitrogens is 3. The number of imidazole rings is 1. The number of ether oxygens (including phenoxy) is 1. The molecule has 0 unspecified atom stereocenters. The van der Waals surface area contributed by atoms with Crippen molar-refractivity contribution >= 4 is 23.1 Å². The third-order valence-electron chi connectivity index (χ3n) is 7.07. The van der Waals surface area contributed by atoms with Gasteiger partial charge >= 0.3 is 6.16 Å². The number of aryl methyl sites for hydroxylation is 1. The van der Waals surface area contributed by atoms with E-state index in [4.69, 9.17) is 19.8 Å². The van der Waals surface area contributed by atoms with Gasteiger partial charge in [0.25, 0.3) is 0 Å². The summed E-state index contributed by atoms with van der Waals surface area (Å²) in [6.07, 6.45) is 8.07. The van der Waals surface area contributed by atoms with Crippen molar-refractivity contribution in [3.63, 3.8) is 0 Å². The van der Waals surface area contributed by atoms with E-state index in [1.165, 1.54) is 32.1 Å². The zero-order valence-electron chi connectivity index (χ0n) is 21.3. The van der Waals surface area contributed by atoms with E-state index in [0.29, 0.717) is 18.3 Å². The molecule has 1 saturated carbocycles. The molecule has 0 saturated heterocycles. The number of carbonyl (C=O) groups is 1. The fourth-order valence-corrected chi connectivity index (χ4v) is 5.14. The summed E-state index contributed by atoms with van der Waals surface area (Å²) in [6, 6.07) is 20.0. The third kappa shape index (κ3) is 5.93. The Morgan fingerprint density at radius 1 is 1.03 bits per heavy atom. The number of anilines is 1. The molecule has 0 bridgehead atoms. The van der Waals surface area contributed by atoms with Crippen LogP contribution in [-0.4, -0.2) is 31.8 Å². The van der Waals surface area contributed by atoms with E-state index < -0.39 is 6.16 Å². The second kappa shape index (κ2) is 11.5. The smallest absolute Gasteiger partial charge is 0.449 e. The molecule has 192 valence electrons. The molecule has 2 heterocycles. The van der Waals surface area contributed by atoms with Gasteiger partial charge in [-0.15, -0.1) is 0 Å². The van der Waals surface area contributed by atoms with Gasteiger partial charge in [0.15, 0.2) is 5.65 Å². The third-order valence-corrected chi connectivity index (χ3v) is 7.07. The largest absolute Gasteiger partial charge is 0.511 e. The summed E-state index contributed by atoms with van der Waals surface area (Å²) < 4.78 is 7.22. The molecule has 0 radical (unpaired) electrons. The van der Waals surface area contributed by atoms with Gasteiger partial charge in [0.05, 0.1) is 6.54 Å². The van der Waals surface area contributed by atoms with Crippen LogP contribution in [0.15, 0.2) is 60.7 Å². The van der Waals surface area contributed by atoms with Crippen molar-refractivity contribution in [2.75, 3.05) is 5.32 Å². The number of carboxylic acid groups (broad SMARTS) is 1. The molecule has 2 N–H and O–H groups in total. The Morgan fingerprint density at radius 3 is 2.57 bits per heavy atom. The predicted molar refractivity (Wildman–Crippen MR) is 146 cm³/mol. The van der Waals surface area contributed by atoms with E-state index in [0.717, 1.165) is 58.8 Å². The van der Waals surface area contributed by atoms with E-state index in [1.54, 1.807) is 12.1 Å². The van der Waals surface area contributed by atoms with Crippen molar-refractivity contribution in [2.45, 2.75) is 70.9 Å². The summed E-state index contributed by atoms with van der Waals surface area (Å²) in [5, 5.41) is 12.7. The first-order valence-electron chi connectivity index (χ1n) is 13.3. The van der Waals surface area contributed by atoms with Gasteiger partial charge in [0.2, 0.25) is 0 Å². The molecule has 0 amide bonds. The van der Waals surface area contributed by atoms with Gasteiger partial charge in [0, 0.05) is 18.0 Å². The average molecular weight is 499 g/mol. The lowest BCUT2D eigenvalue weighted by Crippen LogP contribution is -2.22. The molecular formula is C30H34N4O3. The first-order valence-corrected chi connectivity index (χ1v) is 13.3. The molecule has 0 atom stereocenters. The SMILES string of the molecule is CCCCc1nc2ccc(NC3CCCCC3)nc2n1Cc1ccc(-c2ccccc2OC(=O)O)cc1. The standard InChI is InChI=1S/C30H34N4O3/c1-2-3-13-28-32-25-18-19-27(31-23-9-5-4-6-10-23)33-29(25)34(28)20-21-14-16-22(17-15-21)24-11-7-8-12-26(24)37-30(35)36/h7-8,11-12,14-19,23H,2-6,9-10,13,20H2,1H3,(H,31,33)(H,35,36). The van der Waals surface area contributed by atoms with Crippen LogP contribution in [0.5, 0.6) is 5.75 Å². The van der Waals surface area contributed by atoms with E-state index >= 15 is 0 Å². The Hall–Kier alpha value is -3.87. The highest BCUT2D eigenvalue weighted by Crippen LogP contribution is 2.30. The highest BCUT2D eigenvalue weighted by atomic mass is 16.7. The molecule has 7 nitrogen and oxygen atoms in total. The Bertz CT molecular complexity index is 1360. The number of nitrogens with zero attached hydrogens (tertiary/aromatic N) is 3.